The summed E-state index contributed by atoms with van der Waals surface area (Å²) in [6.07, 6.45) is 1.10. The maximum Gasteiger partial charge on any atom is 0.141 e. The smallest absolute Gasteiger partial charge is 0.141 e. The predicted molar refractivity (Wildman–Crippen MR) is 89.7 cm³/mol. The van der Waals surface area contributed by atoms with E-state index in [4.69, 9.17) is 4.98 Å². The van der Waals surface area contributed by atoms with Gasteiger partial charge in [0, 0.05) is 24.8 Å². The molecule has 0 amide bonds. The molecule has 3 aromatic rings. The topological polar surface area (TPSA) is 29.9 Å². The summed E-state index contributed by atoms with van der Waals surface area (Å²) >= 11 is 0. The summed E-state index contributed by atoms with van der Waals surface area (Å²) in [4.78, 5) is 4.86. The monoisotopic (exact) mass is 279 g/mol. The number of fused-ring (bicyclic) bond motifs is 1. The van der Waals surface area contributed by atoms with Crippen molar-refractivity contribution < 1.29 is 0 Å². The molecule has 0 aliphatic carbocycles. The van der Waals surface area contributed by atoms with E-state index >= 15 is 0 Å². The van der Waals surface area contributed by atoms with Crippen LogP contribution < -0.4 is 5.32 Å². The van der Waals surface area contributed by atoms with Gasteiger partial charge in [-0.15, -0.1) is 0 Å². The van der Waals surface area contributed by atoms with E-state index in [0.29, 0.717) is 0 Å². The number of hydrogen-bond donors (Lipinski definition) is 1. The van der Waals surface area contributed by atoms with Crippen LogP contribution in [0.25, 0.3) is 22.4 Å². The molecule has 0 aliphatic rings. The fourth-order valence-corrected chi connectivity index (χ4v) is 2.70. The standard InChI is InChI=1S/C18H21N3/c1-4-11-21-17-10-5-13(2)12-16(17)20-18(21)14-6-8-15(19-3)9-7-14/h5-10,12,19H,4,11H2,1-3H3. The molecule has 0 fully saturated rings. The van der Waals surface area contributed by atoms with Gasteiger partial charge in [-0.1, -0.05) is 13.0 Å². The molecule has 0 unspecified atom stereocenters. The normalized spacial score (nSPS) is 11.0. The quantitative estimate of drug-likeness (QED) is 0.764. The number of aryl methyl sites for hydroxylation is 2. The van der Waals surface area contributed by atoms with Crippen LogP contribution in [-0.4, -0.2) is 16.6 Å². The van der Waals surface area contributed by atoms with Gasteiger partial charge in [-0.2, -0.15) is 0 Å². The maximum atomic E-state index is 4.86. The minimum Gasteiger partial charge on any atom is -0.388 e. The predicted octanol–water partition coefficient (Wildman–Crippen LogP) is 4.46. The maximum absolute atomic E-state index is 4.86. The second kappa shape index (κ2) is 5.60. The minimum absolute atomic E-state index is 0.989. The van der Waals surface area contributed by atoms with E-state index in [0.717, 1.165) is 35.6 Å². The molecule has 108 valence electrons. The number of hydrogen-bond acceptors (Lipinski definition) is 2. The molecule has 0 aliphatic heterocycles. The second-order valence-electron chi connectivity index (χ2n) is 5.41. The first-order chi connectivity index (χ1) is 10.2. The van der Waals surface area contributed by atoms with E-state index in [1.165, 1.54) is 11.1 Å². The Balaban J connectivity index is 2.17. The number of nitrogens with zero attached hydrogens (tertiary/aromatic N) is 2. The van der Waals surface area contributed by atoms with Gasteiger partial charge < -0.3 is 9.88 Å². The number of benzene rings is 2. The molecule has 0 radical (unpaired) electrons. The van der Waals surface area contributed by atoms with Crippen molar-refractivity contribution >= 4 is 16.7 Å². The fraction of sp³-hybridized carbons (Fsp3) is 0.278. The summed E-state index contributed by atoms with van der Waals surface area (Å²) in [6.45, 7) is 5.30. The Bertz CT molecular complexity index is 754. The van der Waals surface area contributed by atoms with Gasteiger partial charge in [0.25, 0.3) is 0 Å². The van der Waals surface area contributed by atoms with Gasteiger partial charge in [0.1, 0.15) is 5.82 Å². The Morgan fingerprint density at radius 1 is 1.10 bits per heavy atom. The lowest BCUT2D eigenvalue weighted by molar-refractivity contribution is 0.704. The summed E-state index contributed by atoms with van der Waals surface area (Å²) in [7, 11) is 1.93. The lowest BCUT2D eigenvalue weighted by Crippen LogP contribution is -1.99. The van der Waals surface area contributed by atoms with Crippen molar-refractivity contribution in [2.75, 3.05) is 12.4 Å². The number of anilines is 1. The number of imidazole rings is 1. The van der Waals surface area contributed by atoms with Crippen LogP contribution in [-0.2, 0) is 6.54 Å². The zero-order valence-corrected chi connectivity index (χ0v) is 12.9. The zero-order valence-electron chi connectivity index (χ0n) is 12.9. The van der Waals surface area contributed by atoms with Crippen LogP contribution in [0.1, 0.15) is 18.9 Å². The van der Waals surface area contributed by atoms with E-state index in [2.05, 4.69) is 66.2 Å². The van der Waals surface area contributed by atoms with E-state index in [-0.39, 0.29) is 0 Å². The molecule has 0 bridgehead atoms. The molecular formula is C18H21N3. The lowest BCUT2D eigenvalue weighted by Gasteiger charge is -2.08. The van der Waals surface area contributed by atoms with Crippen LogP contribution in [0.4, 0.5) is 5.69 Å². The van der Waals surface area contributed by atoms with Gasteiger partial charge in [0.15, 0.2) is 0 Å². The average Bonchev–Trinajstić information content (AvgIpc) is 2.85. The molecule has 3 nitrogen and oxygen atoms in total. The third-order valence-corrected chi connectivity index (χ3v) is 3.78. The number of rotatable bonds is 4. The third-order valence-electron chi connectivity index (χ3n) is 3.78. The third kappa shape index (κ3) is 2.51. The summed E-state index contributed by atoms with van der Waals surface area (Å²) in [5, 5.41) is 3.15. The largest absolute Gasteiger partial charge is 0.388 e. The van der Waals surface area contributed by atoms with Crippen molar-refractivity contribution in [2.45, 2.75) is 26.8 Å². The van der Waals surface area contributed by atoms with E-state index in [1.807, 2.05) is 7.05 Å². The van der Waals surface area contributed by atoms with Gasteiger partial charge in [-0.25, -0.2) is 4.98 Å². The van der Waals surface area contributed by atoms with Crippen LogP contribution in [0, 0.1) is 6.92 Å². The molecule has 0 spiro atoms. The number of nitrogens with one attached hydrogen (secondary N) is 1. The summed E-state index contributed by atoms with van der Waals surface area (Å²) in [5.41, 5.74) is 5.83. The summed E-state index contributed by atoms with van der Waals surface area (Å²) < 4.78 is 2.32. The van der Waals surface area contributed by atoms with Crippen molar-refractivity contribution in [3.8, 4) is 11.4 Å². The number of aromatic nitrogens is 2. The molecule has 21 heavy (non-hydrogen) atoms. The Kier molecular flexibility index (Phi) is 3.65. The van der Waals surface area contributed by atoms with Crippen molar-refractivity contribution in [1.29, 1.82) is 0 Å². The van der Waals surface area contributed by atoms with E-state index in [1.54, 1.807) is 0 Å². The molecule has 2 aromatic carbocycles. The molecule has 1 N–H and O–H groups in total. The first-order valence-corrected chi connectivity index (χ1v) is 7.48. The Morgan fingerprint density at radius 3 is 2.52 bits per heavy atom. The highest BCUT2D eigenvalue weighted by Crippen LogP contribution is 2.26. The van der Waals surface area contributed by atoms with Crippen molar-refractivity contribution in [3.05, 3.63) is 48.0 Å². The van der Waals surface area contributed by atoms with Gasteiger partial charge in [0.05, 0.1) is 11.0 Å². The van der Waals surface area contributed by atoms with Crippen LogP contribution in [0.2, 0.25) is 0 Å². The summed E-state index contributed by atoms with van der Waals surface area (Å²) in [6, 6.07) is 14.9. The average molecular weight is 279 g/mol. The van der Waals surface area contributed by atoms with Crippen LogP contribution >= 0.6 is 0 Å². The van der Waals surface area contributed by atoms with Crippen LogP contribution in [0.15, 0.2) is 42.5 Å². The minimum atomic E-state index is 0.989. The molecule has 0 saturated heterocycles. The van der Waals surface area contributed by atoms with E-state index in [9.17, 15) is 0 Å². The Hall–Kier alpha value is -2.29. The fourth-order valence-electron chi connectivity index (χ4n) is 2.70. The first kappa shape index (κ1) is 13.7. The van der Waals surface area contributed by atoms with Gasteiger partial charge in [-0.3, -0.25) is 0 Å². The van der Waals surface area contributed by atoms with Gasteiger partial charge >= 0.3 is 0 Å². The highest BCUT2D eigenvalue weighted by atomic mass is 15.1. The lowest BCUT2D eigenvalue weighted by atomic mass is 10.2. The molecule has 1 aromatic heterocycles. The molecule has 0 saturated carbocycles. The summed E-state index contributed by atoms with van der Waals surface area (Å²) in [5.74, 6) is 1.06. The molecule has 1 heterocycles. The van der Waals surface area contributed by atoms with Crippen molar-refractivity contribution in [2.24, 2.45) is 0 Å². The van der Waals surface area contributed by atoms with Crippen molar-refractivity contribution in [1.82, 2.24) is 9.55 Å². The molecule has 0 atom stereocenters. The molecule has 3 heteroatoms. The van der Waals surface area contributed by atoms with Crippen LogP contribution in [0.3, 0.4) is 0 Å². The second-order valence-corrected chi connectivity index (χ2v) is 5.41. The molecular weight excluding hydrogens is 258 g/mol. The highest BCUT2D eigenvalue weighted by molar-refractivity contribution is 5.81. The first-order valence-electron chi connectivity index (χ1n) is 7.48. The van der Waals surface area contributed by atoms with Crippen molar-refractivity contribution in [3.63, 3.8) is 0 Å². The zero-order chi connectivity index (χ0) is 14.8. The van der Waals surface area contributed by atoms with Crippen LogP contribution in [0.5, 0.6) is 0 Å². The Morgan fingerprint density at radius 2 is 1.86 bits per heavy atom. The highest BCUT2D eigenvalue weighted by Gasteiger charge is 2.12. The SMILES string of the molecule is CCCn1c(-c2ccc(NC)cc2)nc2cc(C)ccc21. The Labute approximate surface area is 125 Å². The van der Waals surface area contributed by atoms with Gasteiger partial charge in [-0.05, 0) is 55.3 Å². The molecule has 3 rings (SSSR count). The van der Waals surface area contributed by atoms with E-state index < -0.39 is 0 Å². The van der Waals surface area contributed by atoms with Gasteiger partial charge in [0.2, 0.25) is 0 Å².